The Morgan fingerprint density at radius 3 is 2.67 bits per heavy atom. The van der Waals surface area contributed by atoms with Gasteiger partial charge in [0.05, 0.1) is 4.47 Å². The van der Waals surface area contributed by atoms with Crippen molar-refractivity contribution in [1.29, 1.82) is 0 Å². The molecule has 1 amide bonds. The van der Waals surface area contributed by atoms with Crippen LogP contribution in [0.15, 0.2) is 22.7 Å². The first kappa shape index (κ1) is 16.3. The number of carbonyl (C=O) groups is 1. The minimum atomic E-state index is -0.463. The Morgan fingerprint density at radius 1 is 1.43 bits per heavy atom. The first-order valence-corrected chi connectivity index (χ1v) is 8.19. The Labute approximate surface area is 135 Å². The maximum atomic E-state index is 12.4. The van der Waals surface area contributed by atoms with Crippen LogP contribution in [-0.2, 0) is 4.79 Å². The molecule has 1 aliphatic rings. The van der Waals surface area contributed by atoms with Crippen LogP contribution in [-0.4, -0.2) is 43.1 Å². The van der Waals surface area contributed by atoms with Crippen molar-refractivity contribution in [2.75, 3.05) is 20.1 Å². The molecular weight excluding hydrogens is 332 g/mol. The van der Waals surface area contributed by atoms with E-state index in [4.69, 9.17) is 4.74 Å². The van der Waals surface area contributed by atoms with Crippen LogP contribution in [0.3, 0.4) is 0 Å². The number of hydrogen-bond donors (Lipinski definition) is 1. The smallest absolute Gasteiger partial charge is 0.263 e. The highest BCUT2D eigenvalue weighted by Gasteiger charge is 2.26. The molecule has 1 aromatic rings. The standard InChI is InChI=1S/C16H23BrN2O2/c1-11-4-5-15(14(17)10-11)21-12(2)16(20)19-8-6-13(18-3)7-9-19/h4-5,10,12-13,18H,6-9H2,1-3H3/t12-/m0/s1. The van der Waals surface area contributed by atoms with Gasteiger partial charge in [0.25, 0.3) is 5.91 Å². The molecule has 0 radical (unpaired) electrons. The monoisotopic (exact) mass is 354 g/mol. The van der Waals surface area contributed by atoms with Gasteiger partial charge in [-0.15, -0.1) is 0 Å². The summed E-state index contributed by atoms with van der Waals surface area (Å²) in [6.45, 7) is 5.44. The van der Waals surface area contributed by atoms with E-state index in [9.17, 15) is 4.79 Å². The van der Waals surface area contributed by atoms with Crippen molar-refractivity contribution in [1.82, 2.24) is 10.2 Å². The van der Waals surface area contributed by atoms with Crippen molar-refractivity contribution >= 4 is 21.8 Å². The number of piperidine rings is 1. The van der Waals surface area contributed by atoms with E-state index in [1.54, 1.807) is 0 Å². The largest absolute Gasteiger partial charge is 0.480 e. The molecule has 1 N–H and O–H groups in total. The van der Waals surface area contributed by atoms with Crippen molar-refractivity contribution < 1.29 is 9.53 Å². The molecule has 1 aromatic carbocycles. The number of carbonyl (C=O) groups excluding carboxylic acids is 1. The quantitative estimate of drug-likeness (QED) is 0.903. The van der Waals surface area contributed by atoms with Gasteiger partial charge < -0.3 is 15.0 Å². The van der Waals surface area contributed by atoms with E-state index in [2.05, 4.69) is 21.2 Å². The van der Waals surface area contributed by atoms with E-state index in [0.717, 1.165) is 36.0 Å². The molecule has 1 fully saturated rings. The summed E-state index contributed by atoms with van der Waals surface area (Å²) in [5.41, 5.74) is 1.15. The summed E-state index contributed by atoms with van der Waals surface area (Å²) in [6.07, 6.45) is 1.54. The molecule has 1 atom stereocenters. The molecule has 0 unspecified atom stereocenters. The van der Waals surface area contributed by atoms with Gasteiger partial charge in [-0.1, -0.05) is 6.07 Å². The summed E-state index contributed by atoms with van der Waals surface area (Å²) in [5.74, 6) is 0.781. The van der Waals surface area contributed by atoms with Gasteiger partial charge in [-0.25, -0.2) is 0 Å². The zero-order chi connectivity index (χ0) is 15.4. The van der Waals surface area contributed by atoms with E-state index in [1.807, 2.05) is 44.0 Å². The van der Waals surface area contributed by atoms with E-state index in [0.29, 0.717) is 11.8 Å². The molecule has 0 aliphatic carbocycles. The summed E-state index contributed by atoms with van der Waals surface area (Å²) >= 11 is 3.48. The lowest BCUT2D eigenvalue weighted by atomic mass is 10.0. The number of halogens is 1. The molecule has 0 saturated carbocycles. The van der Waals surface area contributed by atoms with Crippen molar-refractivity contribution in [3.63, 3.8) is 0 Å². The second kappa shape index (κ2) is 7.27. The predicted molar refractivity (Wildman–Crippen MR) is 87.6 cm³/mol. The Morgan fingerprint density at radius 2 is 2.10 bits per heavy atom. The second-order valence-electron chi connectivity index (χ2n) is 5.58. The van der Waals surface area contributed by atoms with Crippen molar-refractivity contribution in [3.05, 3.63) is 28.2 Å². The van der Waals surface area contributed by atoms with Crippen molar-refractivity contribution in [2.24, 2.45) is 0 Å². The molecule has 1 aliphatic heterocycles. The molecule has 116 valence electrons. The summed E-state index contributed by atoms with van der Waals surface area (Å²) in [4.78, 5) is 14.3. The number of rotatable bonds is 4. The highest BCUT2D eigenvalue weighted by Crippen LogP contribution is 2.27. The molecule has 2 rings (SSSR count). The Bertz CT molecular complexity index is 499. The van der Waals surface area contributed by atoms with Gasteiger partial charge in [0.2, 0.25) is 0 Å². The van der Waals surface area contributed by atoms with E-state index in [1.165, 1.54) is 0 Å². The topological polar surface area (TPSA) is 41.6 Å². The fourth-order valence-corrected chi connectivity index (χ4v) is 3.17. The highest BCUT2D eigenvalue weighted by atomic mass is 79.9. The number of nitrogens with zero attached hydrogens (tertiary/aromatic N) is 1. The zero-order valence-electron chi connectivity index (χ0n) is 12.9. The summed E-state index contributed by atoms with van der Waals surface area (Å²) in [5, 5.41) is 3.27. The van der Waals surface area contributed by atoms with Crippen molar-refractivity contribution in [3.8, 4) is 5.75 Å². The average molecular weight is 355 g/mol. The van der Waals surface area contributed by atoms with Gasteiger partial charge >= 0.3 is 0 Å². The lowest BCUT2D eigenvalue weighted by Gasteiger charge is -2.33. The zero-order valence-corrected chi connectivity index (χ0v) is 14.4. The van der Waals surface area contributed by atoms with Gasteiger partial charge in [0, 0.05) is 19.1 Å². The summed E-state index contributed by atoms with van der Waals surface area (Å²) in [6, 6.07) is 6.40. The van der Waals surface area contributed by atoms with Crippen LogP contribution in [0.4, 0.5) is 0 Å². The van der Waals surface area contributed by atoms with E-state index < -0.39 is 6.10 Å². The minimum absolute atomic E-state index is 0.0667. The van der Waals surface area contributed by atoms with Crippen LogP contribution >= 0.6 is 15.9 Å². The molecule has 0 spiro atoms. The number of ether oxygens (including phenoxy) is 1. The van der Waals surface area contributed by atoms with Gasteiger partial charge in [0.1, 0.15) is 5.75 Å². The van der Waals surface area contributed by atoms with Gasteiger partial charge in [-0.05, 0) is 67.4 Å². The Balaban J connectivity index is 1.93. The number of hydrogen-bond acceptors (Lipinski definition) is 3. The predicted octanol–water partition coefficient (Wildman–Crippen LogP) is 2.74. The first-order chi connectivity index (χ1) is 10.0. The minimum Gasteiger partial charge on any atom is -0.480 e. The lowest BCUT2D eigenvalue weighted by molar-refractivity contribution is -0.139. The number of benzene rings is 1. The number of nitrogens with one attached hydrogen (secondary N) is 1. The SMILES string of the molecule is CNC1CCN(C(=O)[C@H](C)Oc2ccc(C)cc2Br)CC1. The molecule has 5 heteroatoms. The van der Waals surface area contributed by atoms with Gasteiger partial charge in [0.15, 0.2) is 6.10 Å². The molecule has 0 aromatic heterocycles. The average Bonchev–Trinajstić information content (AvgIpc) is 2.49. The summed E-state index contributed by atoms with van der Waals surface area (Å²) in [7, 11) is 1.98. The fourth-order valence-electron chi connectivity index (χ4n) is 2.59. The number of aryl methyl sites for hydroxylation is 1. The van der Waals surface area contributed by atoms with Crippen LogP contribution in [0.1, 0.15) is 25.3 Å². The Hall–Kier alpha value is -1.07. The highest BCUT2D eigenvalue weighted by molar-refractivity contribution is 9.10. The van der Waals surface area contributed by atoms with Gasteiger partial charge in [-0.3, -0.25) is 4.79 Å². The lowest BCUT2D eigenvalue weighted by Crippen LogP contribution is -2.48. The van der Waals surface area contributed by atoms with Gasteiger partial charge in [-0.2, -0.15) is 0 Å². The Kier molecular flexibility index (Phi) is 5.65. The fraction of sp³-hybridized carbons (Fsp3) is 0.562. The number of likely N-dealkylation sites (tertiary alicyclic amines) is 1. The molecule has 1 heterocycles. The third-order valence-electron chi connectivity index (χ3n) is 3.95. The normalized spacial score (nSPS) is 17.6. The maximum absolute atomic E-state index is 12.4. The maximum Gasteiger partial charge on any atom is 0.263 e. The van der Waals surface area contributed by atoms with Crippen LogP contribution in [0.25, 0.3) is 0 Å². The molecule has 4 nitrogen and oxygen atoms in total. The van der Waals surface area contributed by atoms with Crippen LogP contribution in [0.2, 0.25) is 0 Å². The van der Waals surface area contributed by atoms with E-state index in [-0.39, 0.29) is 5.91 Å². The molecule has 1 saturated heterocycles. The third kappa shape index (κ3) is 4.20. The van der Waals surface area contributed by atoms with E-state index >= 15 is 0 Å². The summed E-state index contributed by atoms with van der Waals surface area (Å²) < 4.78 is 6.70. The van der Waals surface area contributed by atoms with Crippen LogP contribution in [0, 0.1) is 6.92 Å². The van der Waals surface area contributed by atoms with Crippen LogP contribution < -0.4 is 10.1 Å². The van der Waals surface area contributed by atoms with Crippen LogP contribution in [0.5, 0.6) is 5.75 Å². The second-order valence-corrected chi connectivity index (χ2v) is 6.44. The van der Waals surface area contributed by atoms with Crippen molar-refractivity contribution in [2.45, 2.75) is 38.8 Å². The first-order valence-electron chi connectivity index (χ1n) is 7.40. The molecular formula is C16H23BrN2O2. The molecule has 0 bridgehead atoms. The molecule has 21 heavy (non-hydrogen) atoms. The number of amides is 1. The third-order valence-corrected chi connectivity index (χ3v) is 4.57.